The van der Waals surface area contributed by atoms with E-state index in [2.05, 4.69) is 0 Å². The fraction of sp³-hybridized carbons (Fsp3) is 0.333. The van der Waals surface area contributed by atoms with Crippen LogP contribution < -0.4 is 5.73 Å². The normalized spacial score (nSPS) is 12.2. The van der Waals surface area contributed by atoms with Crippen molar-refractivity contribution in [1.82, 2.24) is 4.31 Å². The maximum absolute atomic E-state index is 12.3. The number of rotatable bonds is 6. The minimum absolute atomic E-state index is 0.363. The lowest BCUT2D eigenvalue weighted by atomic mass is 10.3. The Morgan fingerprint density at radius 2 is 2.16 bits per heavy atom. The molecule has 0 aliphatic rings. The highest BCUT2D eigenvalue weighted by molar-refractivity contribution is 7.91. The highest BCUT2D eigenvalue weighted by Gasteiger charge is 2.22. The topological polar surface area (TPSA) is 63.4 Å². The second-order valence-corrected chi connectivity index (χ2v) is 8.35. The van der Waals surface area contributed by atoms with E-state index in [1.165, 1.54) is 20.5 Å². The van der Waals surface area contributed by atoms with Gasteiger partial charge < -0.3 is 5.73 Å². The number of nitrogens with two attached hydrogens (primary N) is 1. The third-order valence-corrected chi connectivity index (χ3v) is 7.04. The lowest BCUT2D eigenvalue weighted by Gasteiger charge is -2.15. The van der Waals surface area contributed by atoms with Gasteiger partial charge in [-0.15, -0.1) is 22.7 Å². The Kier molecular flexibility index (Phi) is 4.75. The van der Waals surface area contributed by atoms with Crippen molar-refractivity contribution in [3.8, 4) is 0 Å². The summed E-state index contributed by atoms with van der Waals surface area (Å²) in [5, 5.41) is 3.79. The van der Waals surface area contributed by atoms with Crippen LogP contribution in [-0.4, -0.2) is 26.3 Å². The highest BCUT2D eigenvalue weighted by Crippen LogP contribution is 2.23. The predicted molar refractivity (Wildman–Crippen MR) is 80.0 cm³/mol. The summed E-state index contributed by atoms with van der Waals surface area (Å²) in [7, 11) is -1.76. The van der Waals surface area contributed by atoms with Gasteiger partial charge in [0.05, 0.1) is 0 Å². The Balaban J connectivity index is 2.06. The van der Waals surface area contributed by atoms with Crippen molar-refractivity contribution in [3.63, 3.8) is 0 Å². The van der Waals surface area contributed by atoms with Gasteiger partial charge in [0.1, 0.15) is 4.21 Å². The standard InChI is InChI=1S/C12H16N2O2S3/c1-14(5-4-11-3-2-6-17-11)19(15,16)12-7-10(8-13)9-18-12/h2-3,6-7,9H,4-5,8,13H2,1H3. The Hall–Kier alpha value is -0.730. The zero-order valence-electron chi connectivity index (χ0n) is 10.6. The molecule has 0 unspecified atom stereocenters. The van der Waals surface area contributed by atoms with Crippen LogP contribution >= 0.6 is 22.7 Å². The maximum atomic E-state index is 12.3. The van der Waals surface area contributed by atoms with E-state index in [0.29, 0.717) is 17.3 Å². The van der Waals surface area contributed by atoms with Gasteiger partial charge >= 0.3 is 0 Å². The first-order chi connectivity index (χ1) is 9.04. The summed E-state index contributed by atoms with van der Waals surface area (Å²) >= 11 is 2.87. The summed E-state index contributed by atoms with van der Waals surface area (Å²) in [5.74, 6) is 0. The summed E-state index contributed by atoms with van der Waals surface area (Å²) < 4.78 is 26.4. The average Bonchev–Trinajstić information content (AvgIpc) is 3.06. The van der Waals surface area contributed by atoms with Gasteiger partial charge in [-0.25, -0.2) is 8.42 Å². The van der Waals surface area contributed by atoms with Crippen LogP contribution in [0.4, 0.5) is 0 Å². The first-order valence-corrected chi connectivity index (χ1v) is 9.00. The molecule has 0 bridgehead atoms. The van der Waals surface area contributed by atoms with Gasteiger partial charge in [-0.1, -0.05) is 6.07 Å². The minimum Gasteiger partial charge on any atom is -0.326 e. The molecule has 0 spiro atoms. The molecule has 0 aliphatic heterocycles. The second-order valence-electron chi connectivity index (χ2n) is 4.13. The van der Waals surface area contributed by atoms with Crippen molar-refractivity contribution in [2.45, 2.75) is 17.2 Å². The van der Waals surface area contributed by atoms with Crippen molar-refractivity contribution in [3.05, 3.63) is 39.4 Å². The van der Waals surface area contributed by atoms with Crippen LogP contribution in [0.3, 0.4) is 0 Å². The van der Waals surface area contributed by atoms with E-state index < -0.39 is 10.0 Å². The highest BCUT2D eigenvalue weighted by atomic mass is 32.2. The van der Waals surface area contributed by atoms with E-state index in [4.69, 9.17) is 5.73 Å². The van der Waals surface area contributed by atoms with E-state index in [-0.39, 0.29) is 0 Å². The van der Waals surface area contributed by atoms with E-state index in [9.17, 15) is 8.42 Å². The van der Waals surface area contributed by atoms with E-state index in [1.54, 1.807) is 29.8 Å². The van der Waals surface area contributed by atoms with Crippen molar-refractivity contribution in [2.75, 3.05) is 13.6 Å². The number of likely N-dealkylation sites (N-methyl/N-ethyl adjacent to an activating group) is 1. The molecular weight excluding hydrogens is 300 g/mol. The van der Waals surface area contributed by atoms with Gasteiger partial charge in [0.15, 0.2) is 0 Å². The Morgan fingerprint density at radius 3 is 2.74 bits per heavy atom. The molecule has 0 amide bonds. The van der Waals surface area contributed by atoms with Gasteiger partial charge in [0.2, 0.25) is 0 Å². The number of nitrogens with zero attached hydrogens (tertiary/aromatic N) is 1. The zero-order chi connectivity index (χ0) is 13.9. The molecule has 0 aromatic carbocycles. The van der Waals surface area contributed by atoms with Crippen LogP contribution in [0.5, 0.6) is 0 Å². The summed E-state index contributed by atoms with van der Waals surface area (Å²) in [5.41, 5.74) is 6.36. The second kappa shape index (κ2) is 6.15. The van der Waals surface area contributed by atoms with Gasteiger partial charge in [0, 0.05) is 25.0 Å². The monoisotopic (exact) mass is 316 g/mol. The molecule has 7 heteroatoms. The van der Waals surface area contributed by atoms with Crippen LogP contribution in [0.1, 0.15) is 10.4 Å². The lowest BCUT2D eigenvalue weighted by molar-refractivity contribution is 0.475. The quantitative estimate of drug-likeness (QED) is 0.888. The van der Waals surface area contributed by atoms with Gasteiger partial charge in [-0.3, -0.25) is 0 Å². The molecule has 2 heterocycles. The third kappa shape index (κ3) is 3.43. The molecule has 0 atom stereocenters. The van der Waals surface area contributed by atoms with Gasteiger partial charge in [-0.05, 0) is 34.9 Å². The number of hydrogen-bond donors (Lipinski definition) is 1. The first-order valence-electron chi connectivity index (χ1n) is 5.80. The van der Waals surface area contributed by atoms with Crippen molar-refractivity contribution in [2.24, 2.45) is 5.73 Å². The summed E-state index contributed by atoms with van der Waals surface area (Å²) in [6.07, 6.45) is 0.739. The smallest absolute Gasteiger partial charge is 0.252 e. The average molecular weight is 316 g/mol. The van der Waals surface area contributed by atoms with Crippen molar-refractivity contribution >= 4 is 32.7 Å². The molecule has 19 heavy (non-hydrogen) atoms. The molecule has 0 aliphatic carbocycles. The fourth-order valence-corrected chi connectivity index (χ4v) is 4.89. The molecular formula is C12H16N2O2S3. The SMILES string of the molecule is CN(CCc1cccs1)S(=O)(=O)c1cc(CN)cs1. The van der Waals surface area contributed by atoms with E-state index >= 15 is 0 Å². The lowest BCUT2D eigenvalue weighted by Crippen LogP contribution is -2.28. The molecule has 4 nitrogen and oxygen atoms in total. The molecule has 0 saturated carbocycles. The van der Waals surface area contributed by atoms with Gasteiger partial charge in [0.25, 0.3) is 10.0 Å². The Labute approximate surface area is 121 Å². The first kappa shape index (κ1) is 14.7. The molecule has 0 saturated heterocycles. The Morgan fingerprint density at radius 1 is 1.37 bits per heavy atom. The fourth-order valence-electron chi connectivity index (χ4n) is 1.59. The summed E-state index contributed by atoms with van der Waals surface area (Å²) in [6.45, 7) is 0.851. The maximum Gasteiger partial charge on any atom is 0.252 e. The molecule has 0 fully saturated rings. The molecule has 104 valence electrons. The third-order valence-electron chi connectivity index (χ3n) is 2.78. The number of hydrogen-bond acceptors (Lipinski definition) is 5. The summed E-state index contributed by atoms with van der Waals surface area (Å²) in [4.78, 5) is 1.19. The molecule has 2 rings (SSSR count). The molecule has 2 aromatic heterocycles. The summed E-state index contributed by atoms with van der Waals surface area (Å²) in [6, 6.07) is 5.64. The largest absolute Gasteiger partial charge is 0.326 e. The Bertz CT molecular complexity index is 617. The zero-order valence-corrected chi connectivity index (χ0v) is 13.0. The van der Waals surface area contributed by atoms with Crippen molar-refractivity contribution < 1.29 is 8.42 Å². The van der Waals surface area contributed by atoms with Gasteiger partial charge in [-0.2, -0.15) is 4.31 Å². The van der Waals surface area contributed by atoms with Crippen LogP contribution in [-0.2, 0) is 23.0 Å². The van der Waals surface area contributed by atoms with Crippen molar-refractivity contribution in [1.29, 1.82) is 0 Å². The molecule has 0 radical (unpaired) electrons. The van der Waals surface area contributed by atoms with Crippen LogP contribution in [0, 0.1) is 0 Å². The van der Waals surface area contributed by atoms with Crippen LogP contribution in [0.25, 0.3) is 0 Å². The number of thiophene rings is 2. The van der Waals surface area contributed by atoms with E-state index in [1.807, 2.05) is 17.5 Å². The van der Waals surface area contributed by atoms with Crippen LogP contribution in [0.15, 0.2) is 33.2 Å². The number of sulfonamides is 1. The molecule has 2 N–H and O–H groups in total. The minimum atomic E-state index is -3.38. The van der Waals surface area contributed by atoms with E-state index in [0.717, 1.165) is 12.0 Å². The molecule has 2 aromatic rings. The predicted octanol–water partition coefficient (Wildman–Crippen LogP) is 2.13. The van der Waals surface area contributed by atoms with Crippen LogP contribution in [0.2, 0.25) is 0 Å².